The molecule has 0 fully saturated rings. The maximum Gasteiger partial charge on any atom is 0.139 e. The monoisotopic (exact) mass is 364 g/mol. The minimum absolute atomic E-state index is 0.200. The average Bonchev–Trinajstić information content (AvgIpc) is 2.67. The normalized spacial score (nSPS) is 20.0. The SMILES string of the molecule is CCCCCCCCCCNc1cc(C2(CF)COCC(N)=N2)ccn1. The Bertz CT molecular complexity index is 566. The predicted molar refractivity (Wildman–Crippen MR) is 105 cm³/mol. The first-order valence-electron chi connectivity index (χ1n) is 9.88. The molecule has 2 rings (SSSR count). The number of pyridine rings is 1. The lowest BCUT2D eigenvalue weighted by Crippen LogP contribution is -2.41. The van der Waals surface area contributed by atoms with Crippen molar-refractivity contribution in [2.45, 2.75) is 63.8 Å². The first kappa shape index (κ1) is 20.6. The van der Waals surface area contributed by atoms with Gasteiger partial charge < -0.3 is 15.8 Å². The highest BCUT2D eigenvalue weighted by Gasteiger charge is 2.35. The lowest BCUT2D eigenvalue weighted by atomic mass is 9.92. The second-order valence-electron chi connectivity index (χ2n) is 7.09. The second-order valence-corrected chi connectivity index (χ2v) is 7.09. The number of nitrogens with zero attached hydrogens (tertiary/aromatic N) is 2. The minimum atomic E-state index is -1.04. The molecule has 0 radical (unpaired) electrons. The standard InChI is InChI=1S/C20H33FN4O/c1-2-3-4-5-6-7-8-9-11-23-19-13-17(10-12-24-19)20(15-21)16-26-14-18(22)25-20/h10,12-13H,2-9,11,14-16H2,1H3,(H2,22,25)(H,23,24). The zero-order valence-electron chi connectivity index (χ0n) is 16.0. The van der Waals surface area contributed by atoms with Crippen molar-refractivity contribution < 1.29 is 9.13 Å². The van der Waals surface area contributed by atoms with Crippen LogP contribution in [0.5, 0.6) is 0 Å². The molecule has 3 N–H and O–H groups in total. The van der Waals surface area contributed by atoms with Crippen molar-refractivity contribution in [2.75, 3.05) is 31.7 Å². The number of hydrogen-bond acceptors (Lipinski definition) is 5. The number of hydrogen-bond donors (Lipinski definition) is 2. The Balaban J connectivity index is 1.78. The quantitative estimate of drug-likeness (QED) is 0.546. The number of halogens is 1. The zero-order chi connectivity index (χ0) is 18.7. The highest BCUT2D eigenvalue weighted by molar-refractivity contribution is 5.82. The van der Waals surface area contributed by atoms with E-state index in [1.165, 1.54) is 44.9 Å². The number of ether oxygens (including phenoxy) is 1. The molecule has 146 valence electrons. The van der Waals surface area contributed by atoms with Gasteiger partial charge in [0.25, 0.3) is 0 Å². The Morgan fingerprint density at radius 2 is 1.92 bits per heavy atom. The molecular weight excluding hydrogens is 331 g/mol. The Kier molecular flexibility index (Phi) is 8.81. The van der Waals surface area contributed by atoms with E-state index in [1.807, 2.05) is 6.07 Å². The molecule has 0 bridgehead atoms. The summed E-state index contributed by atoms with van der Waals surface area (Å²) in [5, 5.41) is 3.33. The van der Waals surface area contributed by atoms with Gasteiger partial charge in [0.05, 0.1) is 6.61 Å². The fourth-order valence-corrected chi connectivity index (χ4v) is 3.25. The highest BCUT2D eigenvalue weighted by Crippen LogP contribution is 2.30. The molecule has 2 heterocycles. The van der Waals surface area contributed by atoms with Crippen LogP contribution in [0.1, 0.15) is 63.9 Å². The van der Waals surface area contributed by atoms with Crippen molar-refractivity contribution in [3.8, 4) is 0 Å². The van der Waals surface area contributed by atoms with E-state index in [9.17, 15) is 4.39 Å². The van der Waals surface area contributed by atoms with Crippen LogP contribution < -0.4 is 11.1 Å². The van der Waals surface area contributed by atoms with Crippen molar-refractivity contribution in [3.63, 3.8) is 0 Å². The van der Waals surface area contributed by atoms with Crippen LogP contribution in [-0.2, 0) is 10.3 Å². The van der Waals surface area contributed by atoms with Crippen molar-refractivity contribution in [1.82, 2.24) is 4.98 Å². The molecule has 0 saturated heterocycles. The Labute approximate surface area is 156 Å². The van der Waals surface area contributed by atoms with Crippen LogP contribution in [0.2, 0.25) is 0 Å². The number of unbranched alkanes of at least 4 members (excludes halogenated alkanes) is 7. The van der Waals surface area contributed by atoms with Gasteiger partial charge in [0.1, 0.15) is 30.5 Å². The number of nitrogens with two attached hydrogens (primary N) is 1. The topological polar surface area (TPSA) is 72.5 Å². The molecule has 5 nitrogen and oxygen atoms in total. The summed E-state index contributed by atoms with van der Waals surface area (Å²) in [6, 6.07) is 3.64. The van der Waals surface area contributed by atoms with E-state index < -0.39 is 12.2 Å². The van der Waals surface area contributed by atoms with Crippen LogP contribution in [0.4, 0.5) is 10.2 Å². The van der Waals surface area contributed by atoms with E-state index in [0.29, 0.717) is 5.84 Å². The molecule has 0 amide bonds. The van der Waals surface area contributed by atoms with Crippen LogP contribution in [-0.4, -0.2) is 37.3 Å². The van der Waals surface area contributed by atoms with Gasteiger partial charge in [0, 0.05) is 12.7 Å². The predicted octanol–water partition coefficient (Wildman–Crippen LogP) is 4.19. The van der Waals surface area contributed by atoms with Crippen molar-refractivity contribution in [1.29, 1.82) is 0 Å². The van der Waals surface area contributed by atoms with E-state index in [4.69, 9.17) is 10.5 Å². The van der Waals surface area contributed by atoms with E-state index in [-0.39, 0.29) is 13.2 Å². The number of aliphatic imine (C=N–C) groups is 1. The van der Waals surface area contributed by atoms with E-state index in [1.54, 1.807) is 12.3 Å². The van der Waals surface area contributed by atoms with Gasteiger partial charge in [-0.15, -0.1) is 0 Å². The molecule has 1 unspecified atom stereocenters. The number of alkyl halides is 1. The summed E-state index contributed by atoms with van der Waals surface area (Å²) in [4.78, 5) is 8.67. The molecular formula is C20H33FN4O. The highest BCUT2D eigenvalue weighted by atomic mass is 19.1. The molecule has 26 heavy (non-hydrogen) atoms. The third-order valence-electron chi connectivity index (χ3n) is 4.80. The first-order valence-corrected chi connectivity index (χ1v) is 9.88. The van der Waals surface area contributed by atoms with Crippen LogP contribution in [0.3, 0.4) is 0 Å². The summed E-state index contributed by atoms with van der Waals surface area (Å²) in [5.74, 6) is 1.08. The van der Waals surface area contributed by atoms with Gasteiger partial charge in [-0.3, -0.25) is 4.99 Å². The fraction of sp³-hybridized carbons (Fsp3) is 0.700. The summed E-state index contributed by atoms with van der Waals surface area (Å²) in [5.41, 5.74) is 5.46. The molecule has 0 saturated carbocycles. The average molecular weight is 365 g/mol. The lowest BCUT2D eigenvalue weighted by molar-refractivity contribution is 0.0827. The van der Waals surface area contributed by atoms with Gasteiger partial charge in [-0.25, -0.2) is 9.37 Å². The number of rotatable bonds is 12. The summed E-state index contributed by atoms with van der Waals surface area (Å²) in [6.45, 7) is 2.93. The summed E-state index contributed by atoms with van der Waals surface area (Å²) in [6.07, 6.45) is 12.0. The zero-order valence-corrected chi connectivity index (χ0v) is 16.0. The number of anilines is 1. The first-order chi connectivity index (χ1) is 12.7. The van der Waals surface area contributed by atoms with Crippen LogP contribution in [0.25, 0.3) is 0 Å². The van der Waals surface area contributed by atoms with E-state index in [0.717, 1.165) is 24.3 Å². The van der Waals surface area contributed by atoms with Crippen molar-refractivity contribution in [3.05, 3.63) is 23.9 Å². The molecule has 0 aliphatic carbocycles. The molecule has 1 aromatic rings. The van der Waals surface area contributed by atoms with Crippen LogP contribution in [0, 0.1) is 0 Å². The summed E-state index contributed by atoms with van der Waals surface area (Å²) < 4.78 is 19.2. The largest absolute Gasteiger partial charge is 0.385 e. The Morgan fingerprint density at radius 1 is 1.19 bits per heavy atom. The third-order valence-corrected chi connectivity index (χ3v) is 4.80. The lowest BCUT2D eigenvalue weighted by Gasteiger charge is -2.31. The number of amidine groups is 1. The maximum absolute atomic E-state index is 13.7. The summed E-state index contributed by atoms with van der Waals surface area (Å²) in [7, 11) is 0. The molecule has 1 aromatic heterocycles. The minimum Gasteiger partial charge on any atom is -0.385 e. The van der Waals surface area contributed by atoms with Gasteiger partial charge >= 0.3 is 0 Å². The molecule has 1 atom stereocenters. The van der Waals surface area contributed by atoms with Crippen molar-refractivity contribution in [2.24, 2.45) is 10.7 Å². The van der Waals surface area contributed by atoms with E-state index in [2.05, 4.69) is 22.2 Å². The summed E-state index contributed by atoms with van der Waals surface area (Å²) >= 11 is 0. The van der Waals surface area contributed by atoms with E-state index >= 15 is 0 Å². The van der Waals surface area contributed by atoms with Gasteiger partial charge in [-0.1, -0.05) is 51.9 Å². The van der Waals surface area contributed by atoms with Crippen LogP contribution in [0.15, 0.2) is 23.3 Å². The Morgan fingerprint density at radius 3 is 2.62 bits per heavy atom. The molecule has 1 aliphatic heterocycles. The maximum atomic E-state index is 13.7. The molecule has 0 aromatic carbocycles. The molecule has 1 aliphatic rings. The van der Waals surface area contributed by atoms with Gasteiger partial charge in [0.2, 0.25) is 0 Å². The third kappa shape index (κ3) is 6.24. The van der Waals surface area contributed by atoms with Gasteiger partial charge in [-0.2, -0.15) is 0 Å². The molecule has 6 heteroatoms. The number of aromatic nitrogens is 1. The number of nitrogens with one attached hydrogen (secondary N) is 1. The van der Waals surface area contributed by atoms with Gasteiger partial charge in [0.15, 0.2) is 0 Å². The van der Waals surface area contributed by atoms with Crippen LogP contribution >= 0.6 is 0 Å². The van der Waals surface area contributed by atoms with Crippen molar-refractivity contribution >= 4 is 11.7 Å². The molecule has 0 spiro atoms. The fourth-order valence-electron chi connectivity index (χ4n) is 3.25. The van der Waals surface area contributed by atoms with Gasteiger partial charge in [-0.05, 0) is 24.1 Å². The smallest absolute Gasteiger partial charge is 0.139 e. The second kappa shape index (κ2) is 11.1. The Hall–Kier alpha value is -1.69.